The van der Waals surface area contributed by atoms with Gasteiger partial charge in [0.15, 0.2) is 0 Å². The summed E-state index contributed by atoms with van der Waals surface area (Å²) in [5.41, 5.74) is 0.988. The number of carbonyl (C=O) groups is 1. The molecular formula is C14H20BrNO4. The molecule has 0 aromatic heterocycles. The summed E-state index contributed by atoms with van der Waals surface area (Å²) in [5.74, 6) is -0.935. The van der Waals surface area contributed by atoms with Gasteiger partial charge in [-0.1, -0.05) is 15.9 Å². The molecule has 1 aromatic carbocycles. The van der Waals surface area contributed by atoms with E-state index in [1.54, 1.807) is 20.3 Å². The first-order valence-corrected chi connectivity index (χ1v) is 7.15. The first kappa shape index (κ1) is 16.9. The highest BCUT2D eigenvalue weighted by molar-refractivity contribution is 9.10. The van der Waals surface area contributed by atoms with Gasteiger partial charge in [-0.15, -0.1) is 0 Å². The number of hydrogen-bond acceptors (Lipinski definition) is 4. The van der Waals surface area contributed by atoms with E-state index < -0.39 is 5.97 Å². The van der Waals surface area contributed by atoms with Crippen LogP contribution in [0.1, 0.15) is 16.8 Å². The Kier molecular flexibility index (Phi) is 7.58. The molecule has 0 saturated heterocycles. The van der Waals surface area contributed by atoms with Crippen LogP contribution in [0.15, 0.2) is 22.7 Å². The Hall–Kier alpha value is -1.11. The first-order valence-electron chi connectivity index (χ1n) is 6.35. The van der Waals surface area contributed by atoms with E-state index >= 15 is 0 Å². The van der Waals surface area contributed by atoms with Crippen LogP contribution >= 0.6 is 15.9 Å². The van der Waals surface area contributed by atoms with Crippen molar-refractivity contribution in [3.05, 3.63) is 28.2 Å². The van der Waals surface area contributed by atoms with Gasteiger partial charge in [0.1, 0.15) is 0 Å². The lowest BCUT2D eigenvalue weighted by Crippen LogP contribution is -2.30. The fourth-order valence-corrected chi connectivity index (χ4v) is 2.27. The maximum atomic E-state index is 11.4. The number of hydrogen-bond donors (Lipinski definition) is 1. The molecule has 0 heterocycles. The smallest absolute Gasteiger partial charge is 0.337 e. The van der Waals surface area contributed by atoms with Gasteiger partial charge in [0, 0.05) is 38.4 Å². The number of benzene rings is 1. The Morgan fingerprint density at radius 3 is 2.55 bits per heavy atom. The van der Waals surface area contributed by atoms with E-state index in [2.05, 4.69) is 15.9 Å². The van der Waals surface area contributed by atoms with E-state index in [9.17, 15) is 9.90 Å². The monoisotopic (exact) mass is 345 g/mol. The average molecular weight is 346 g/mol. The van der Waals surface area contributed by atoms with Crippen LogP contribution < -0.4 is 4.90 Å². The van der Waals surface area contributed by atoms with Crippen LogP contribution in [0.25, 0.3) is 0 Å². The highest BCUT2D eigenvalue weighted by Crippen LogP contribution is 2.25. The molecule has 0 aliphatic carbocycles. The topological polar surface area (TPSA) is 59.0 Å². The second-order valence-corrected chi connectivity index (χ2v) is 5.21. The molecule has 0 unspecified atom stereocenters. The maximum absolute atomic E-state index is 11.4. The van der Waals surface area contributed by atoms with Crippen LogP contribution in [-0.4, -0.2) is 51.6 Å². The van der Waals surface area contributed by atoms with Crippen LogP contribution in [0.2, 0.25) is 0 Å². The van der Waals surface area contributed by atoms with Gasteiger partial charge in [-0.3, -0.25) is 0 Å². The number of aromatic carboxylic acids is 1. The molecule has 0 spiro atoms. The molecule has 6 heteroatoms. The number of halogens is 1. The van der Waals surface area contributed by atoms with Gasteiger partial charge in [-0.05, 0) is 24.6 Å². The van der Waals surface area contributed by atoms with E-state index in [-0.39, 0.29) is 5.56 Å². The van der Waals surface area contributed by atoms with Gasteiger partial charge in [0.05, 0.1) is 17.9 Å². The van der Waals surface area contributed by atoms with Crippen LogP contribution in [-0.2, 0) is 9.47 Å². The fourth-order valence-electron chi connectivity index (χ4n) is 1.91. The molecule has 1 N–H and O–H groups in total. The zero-order chi connectivity index (χ0) is 15.0. The molecule has 0 aliphatic heterocycles. The quantitative estimate of drug-likeness (QED) is 0.697. The summed E-state index contributed by atoms with van der Waals surface area (Å²) in [5, 5.41) is 9.33. The predicted molar refractivity (Wildman–Crippen MR) is 81.7 cm³/mol. The van der Waals surface area contributed by atoms with E-state index in [0.717, 1.165) is 17.4 Å². The van der Waals surface area contributed by atoms with Gasteiger partial charge in [0.25, 0.3) is 0 Å². The van der Waals surface area contributed by atoms with Gasteiger partial charge in [0.2, 0.25) is 0 Å². The van der Waals surface area contributed by atoms with Crippen LogP contribution in [0.5, 0.6) is 0 Å². The number of ether oxygens (including phenoxy) is 2. The van der Waals surface area contributed by atoms with Crippen LogP contribution in [0.3, 0.4) is 0 Å². The van der Waals surface area contributed by atoms with Gasteiger partial charge < -0.3 is 19.5 Å². The Morgan fingerprint density at radius 1 is 1.25 bits per heavy atom. The van der Waals surface area contributed by atoms with Crippen molar-refractivity contribution in [2.75, 3.05) is 45.4 Å². The Labute approximate surface area is 127 Å². The van der Waals surface area contributed by atoms with E-state index in [1.165, 1.54) is 0 Å². The third-order valence-electron chi connectivity index (χ3n) is 2.87. The van der Waals surface area contributed by atoms with Crippen LogP contribution in [0.4, 0.5) is 5.69 Å². The fraction of sp³-hybridized carbons (Fsp3) is 0.500. The summed E-state index contributed by atoms with van der Waals surface area (Å²) in [6, 6.07) is 5.28. The van der Waals surface area contributed by atoms with Crippen molar-refractivity contribution in [3.63, 3.8) is 0 Å². The molecular weight excluding hydrogens is 326 g/mol. The molecule has 5 nitrogen and oxygen atoms in total. The minimum atomic E-state index is -0.935. The normalized spacial score (nSPS) is 10.6. The minimum absolute atomic E-state index is 0.285. The van der Waals surface area contributed by atoms with Crippen molar-refractivity contribution in [1.29, 1.82) is 0 Å². The van der Waals surface area contributed by atoms with Crippen molar-refractivity contribution in [2.24, 2.45) is 0 Å². The largest absolute Gasteiger partial charge is 0.478 e. The first-order chi connectivity index (χ1) is 9.60. The SMILES string of the molecule is COCCCN(CCOC)c1ccc(Br)cc1C(=O)O. The lowest BCUT2D eigenvalue weighted by molar-refractivity contribution is 0.0697. The summed E-state index contributed by atoms with van der Waals surface area (Å²) in [7, 11) is 3.29. The molecule has 0 radical (unpaired) electrons. The highest BCUT2D eigenvalue weighted by atomic mass is 79.9. The van der Waals surface area contributed by atoms with Crippen molar-refractivity contribution in [3.8, 4) is 0 Å². The zero-order valence-corrected chi connectivity index (χ0v) is 13.4. The Bertz CT molecular complexity index is 439. The summed E-state index contributed by atoms with van der Waals surface area (Å²) >= 11 is 3.30. The van der Waals surface area contributed by atoms with Crippen molar-refractivity contribution >= 4 is 27.6 Å². The third-order valence-corrected chi connectivity index (χ3v) is 3.36. The Morgan fingerprint density at radius 2 is 1.95 bits per heavy atom. The standard InChI is InChI=1S/C14H20BrNO4/c1-19-8-3-6-16(7-9-20-2)13-5-4-11(15)10-12(13)14(17)18/h4-5,10H,3,6-9H2,1-2H3,(H,17,18). The van der Waals surface area contributed by atoms with E-state index in [0.29, 0.717) is 25.4 Å². The molecule has 0 saturated carbocycles. The molecule has 1 aromatic rings. The highest BCUT2D eigenvalue weighted by Gasteiger charge is 2.16. The lowest BCUT2D eigenvalue weighted by atomic mass is 10.1. The van der Waals surface area contributed by atoms with E-state index in [1.807, 2.05) is 17.0 Å². The molecule has 0 atom stereocenters. The second kappa shape index (κ2) is 8.94. The maximum Gasteiger partial charge on any atom is 0.337 e. The average Bonchev–Trinajstić information content (AvgIpc) is 2.43. The van der Waals surface area contributed by atoms with Gasteiger partial charge in [-0.2, -0.15) is 0 Å². The summed E-state index contributed by atoms with van der Waals surface area (Å²) in [6.07, 6.45) is 0.829. The summed E-state index contributed by atoms with van der Waals surface area (Å²) in [4.78, 5) is 13.4. The van der Waals surface area contributed by atoms with Crippen molar-refractivity contribution in [1.82, 2.24) is 0 Å². The lowest BCUT2D eigenvalue weighted by Gasteiger charge is -2.26. The number of anilines is 1. The summed E-state index contributed by atoms with van der Waals surface area (Å²) < 4.78 is 10.9. The second-order valence-electron chi connectivity index (χ2n) is 4.29. The molecule has 112 valence electrons. The molecule has 1 rings (SSSR count). The number of nitrogens with zero attached hydrogens (tertiary/aromatic N) is 1. The summed E-state index contributed by atoms with van der Waals surface area (Å²) in [6.45, 7) is 2.55. The molecule has 0 fully saturated rings. The molecule has 0 bridgehead atoms. The molecule has 0 amide bonds. The number of carboxylic acid groups (broad SMARTS) is 1. The predicted octanol–water partition coefficient (Wildman–Crippen LogP) is 2.64. The molecule has 20 heavy (non-hydrogen) atoms. The van der Waals surface area contributed by atoms with Gasteiger partial charge >= 0.3 is 5.97 Å². The zero-order valence-electron chi connectivity index (χ0n) is 11.8. The number of methoxy groups -OCH3 is 2. The Balaban J connectivity index is 2.95. The number of rotatable bonds is 9. The number of carboxylic acids is 1. The van der Waals surface area contributed by atoms with E-state index in [4.69, 9.17) is 9.47 Å². The van der Waals surface area contributed by atoms with Gasteiger partial charge in [-0.25, -0.2) is 4.79 Å². The minimum Gasteiger partial charge on any atom is -0.478 e. The molecule has 0 aliphatic rings. The van der Waals surface area contributed by atoms with Crippen LogP contribution in [0, 0.1) is 0 Å². The van der Waals surface area contributed by atoms with Crippen molar-refractivity contribution in [2.45, 2.75) is 6.42 Å². The van der Waals surface area contributed by atoms with Crippen molar-refractivity contribution < 1.29 is 19.4 Å². The third kappa shape index (κ3) is 5.11.